The number of rotatable bonds is 2. The van der Waals surface area contributed by atoms with E-state index in [1.54, 1.807) is 16.0 Å². The van der Waals surface area contributed by atoms with Gasteiger partial charge in [-0.3, -0.25) is 0 Å². The predicted molar refractivity (Wildman–Crippen MR) is 70.2 cm³/mol. The van der Waals surface area contributed by atoms with Gasteiger partial charge in [-0.15, -0.1) is 11.3 Å². The smallest absolute Gasteiger partial charge is 0.136 e. The molecule has 2 aromatic heterocycles. The van der Waals surface area contributed by atoms with Gasteiger partial charge in [0, 0.05) is 4.88 Å². The molecule has 80 valence electrons. The van der Waals surface area contributed by atoms with Gasteiger partial charge in [0.15, 0.2) is 0 Å². The average molecular weight is 351 g/mol. The summed E-state index contributed by atoms with van der Waals surface area (Å²) in [5.41, 5.74) is 6.82. The van der Waals surface area contributed by atoms with Crippen molar-refractivity contribution in [3.05, 3.63) is 31.0 Å². The fourth-order valence-electron chi connectivity index (χ4n) is 1.28. The number of hydrogen-bond donors (Lipinski definition) is 1. The molecule has 0 aromatic carbocycles. The van der Waals surface area contributed by atoms with Gasteiger partial charge < -0.3 is 5.73 Å². The maximum absolute atomic E-state index is 5.90. The van der Waals surface area contributed by atoms with Gasteiger partial charge in [0.2, 0.25) is 0 Å². The molecule has 0 radical (unpaired) electrons. The highest BCUT2D eigenvalue weighted by molar-refractivity contribution is 9.11. The summed E-state index contributed by atoms with van der Waals surface area (Å²) in [7, 11) is 0. The van der Waals surface area contributed by atoms with Crippen molar-refractivity contribution in [1.82, 2.24) is 9.78 Å². The van der Waals surface area contributed by atoms with E-state index in [0.29, 0.717) is 12.4 Å². The Labute approximate surface area is 109 Å². The van der Waals surface area contributed by atoms with E-state index < -0.39 is 0 Å². The summed E-state index contributed by atoms with van der Waals surface area (Å²) < 4.78 is 3.81. The van der Waals surface area contributed by atoms with Gasteiger partial charge in [0.25, 0.3) is 0 Å². The number of thiophene rings is 1. The Hall–Kier alpha value is -0.330. The van der Waals surface area contributed by atoms with Gasteiger partial charge in [0.05, 0.1) is 20.5 Å². The molecule has 15 heavy (non-hydrogen) atoms. The van der Waals surface area contributed by atoms with E-state index in [0.717, 1.165) is 14.0 Å². The molecule has 0 unspecified atom stereocenters. The molecule has 0 atom stereocenters. The first-order valence-corrected chi connectivity index (χ1v) is 6.71. The van der Waals surface area contributed by atoms with Crippen LogP contribution in [0.4, 0.5) is 5.82 Å². The molecule has 0 saturated heterocycles. The van der Waals surface area contributed by atoms with Gasteiger partial charge in [-0.1, -0.05) is 0 Å². The van der Waals surface area contributed by atoms with Crippen molar-refractivity contribution in [3.8, 4) is 0 Å². The maximum atomic E-state index is 5.90. The summed E-state index contributed by atoms with van der Waals surface area (Å²) in [4.78, 5) is 1.23. The molecule has 0 amide bonds. The van der Waals surface area contributed by atoms with E-state index in [4.69, 9.17) is 5.73 Å². The molecule has 6 heteroatoms. The van der Waals surface area contributed by atoms with E-state index in [-0.39, 0.29) is 0 Å². The SMILES string of the molecule is Cc1nn(Cc2ccc(Br)s2)c(N)c1Br. The molecule has 0 spiro atoms. The topological polar surface area (TPSA) is 43.8 Å². The van der Waals surface area contributed by atoms with Crippen LogP contribution in [0.15, 0.2) is 20.4 Å². The van der Waals surface area contributed by atoms with Gasteiger partial charge in [0.1, 0.15) is 5.82 Å². The van der Waals surface area contributed by atoms with Crippen molar-refractivity contribution in [3.63, 3.8) is 0 Å². The van der Waals surface area contributed by atoms with Gasteiger partial charge in [-0.05, 0) is 50.9 Å². The fourth-order valence-corrected chi connectivity index (χ4v) is 3.03. The monoisotopic (exact) mass is 349 g/mol. The Balaban J connectivity index is 2.28. The largest absolute Gasteiger partial charge is 0.383 e. The lowest BCUT2D eigenvalue weighted by Crippen LogP contribution is -2.04. The van der Waals surface area contributed by atoms with Crippen molar-refractivity contribution < 1.29 is 0 Å². The lowest BCUT2D eigenvalue weighted by Gasteiger charge is -2.00. The van der Waals surface area contributed by atoms with E-state index in [1.807, 2.05) is 13.0 Å². The first-order chi connectivity index (χ1) is 7.08. The van der Waals surface area contributed by atoms with Crippen LogP contribution in [-0.2, 0) is 6.54 Å². The zero-order valence-electron chi connectivity index (χ0n) is 8.00. The third kappa shape index (κ3) is 2.26. The second-order valence-electron chi connectivity index (χ2n) is 3.15. The van der Waals surface area contributed by atoms with Crippen molar-refractivity contribution in [2.45, 2.75) is 13.5 Å². The Morgan fingerprint density at radius 3 is 2.67 bits per heavy atom. The third-order valence-electron chi connectivity index (χ3n) is 2.03. The van der Waals surface area contributed by atoms with Crippen LogP contribution in [-0.4, -0.2) is 9.78 Å². The standard InChI is InChI=1S/C9H9Br2N3S/c1-5-8(11)9(12)14(13-5)4-6-2-3-7(10)15-6/h2-3H,4,12H2,1H3. The number of hydrogen-bond acceptors (Lipinski definition) is 3. The van der Waals surface area contributed by atoms with Crippen molar-refractivity contribution in [2.75, 3.05) is 5.73 Å². The summed E-state index contributed by atoms with van der Waals surface area (Å²) in [6.45, 7) is 2.65. The zero-order chi connectivity index (χ0) is 11.0. The Morgan fingerprint density at radius 2 is 2.20 bits per heavy atom. The number of halogens is 2. The van der Waals surface area contributed by atoms with E-state index in [9.17, 15) is 0 Å². The highest BCUT2D eigenvalue weighted by Gasteiger charge is 2.10. The highest BCUT2D eigenvalue weighted by atomic mass is 79.9. The number of aryl methyl sites for hydroxylation is 1. The Morgan fingerprint density at radius 1 is 1.47 bits per heavy atom. The van der Waals surface area contributed by atoms with Crippen molar-refractivity contribution >= 4 is 49.0 Å². The molecule has 0 aliphatic carbocycles. The summed E-state index contributed by atoms with van der Waals surface area (Å²) in [6, 6.07) is 4.10. The van der Waals surface area contributed by atoms with Crippen LogP contribution < -0.4 is 5.73 Å². The van der Waals surface area contributed by atoms with Crippen LogP contribution in [0.2, 0.25) is 0 Å². The summed E-state index contributed by atoms with van der Waals surface area (Å²) in [5, 5.41) is 4.35. The fraction of sp³-hybridized carbons (Fsp3) is 0.222. The minimum atomic E-state index is 0.678. The lowest BCUT2D eigenvalue weighted by molar-refractivity contribution is 0.697. The summed E-state index contributed by atoms with van der Waals surface area (Å²) in [5.74, 6) is 0.678. The van der Waals surface area contributed by atoms with E-state index in [1.165, 1.54) is 4.88 Å². The van der Waals surface area contributed by atoms with Crippen molar-refractivity contribution in [1.29, 1.82) is 0 Å². The van der Waals surface area contributed by atoms with Crippen LogP contribution in [0.1, 0.15) is 10.6 Å². The van der Waals surface area contributed by atoms with Crippen LogP contribution in [0, 0.1) is 6.92 Å². The van der Waals surface area contributed by atoms with Crippen LogP contribution in [0.25, 0.3) is 0 Å². The predicted octanol–water partition coefficient (Wildman–Crippen LogP) is 3.41. The molecule has 0 aliphatic rings. The number of aromatic nitrogens is 2. The second kappa shape index (κ2) is 4.27. The molecular weight excluding hydrogens is 342 g/mol. The first-order valence-electron chi connectivity index (χ1n) is 4.30. The minimum Gasteiger partial charge on any atom is -0.383 e. The molecule has 3 nitrogen and oxygen atoms in total. The Kier molecular flexibility index (Phi) is 3.18. The molecule has 2 aromatic rings. The number of nitrogens with two attached hydrogens (primary N) is 1. The third-order valence-corrected chi connectivity index (χ3v) is 4.61. The number of nitrogen functional groups attached to an aromatic ring is 1. The minimum absolute atomic E-state index is 0.678. The molecule has 0 aliphatic heterocycles. The molecule has 2 heterocycles. The van der Waals surface area contributed by atoms with Crippen LogP contribution >= 0.6 is 43.2 Å². The average Bonchev–Trinajstić information content (AvgIpc) is 2.68. The number of nitrogens with zero attached hydrogens (tertiary/aromatic N) is 2. The van der Waals surface area contributed by atoms with Gasteiger partial charge in [-0.25, -0.2) is 4.68 Å². The Bertz CT molecular complexity index is 490. The summed E-state index contributed by atoms with van der Waals surface area (Å²) in [6.07, 6.45) is 0. The molecule has 0 bridgehead atoms. The quantitative estimate of drug-likeness (QED) is 0.901. The second-order valence-corrected chi connectivity index (χ2v) is 6.49. The van der Waals surface area contributed by atoms with Crippen molar-refractivity contribution in [2.24, 2.45) is 0 Å². The highest BCUT2D eigenvalue weighted by Crippen LogP contribution is 2.26. The lowest BCUT2D eigenvalue weighted by atomic mass is 10.4. The van der Waals surface area contributed by atoms with Crippen LogP contribution in [0.3, 0.4) is 0 Å². The van der Waals surface area contributed by atoms with E-state index >= 15 is 0 Å². The number of anilines is 1. The van der Waals surface area contributed by atoms with E-state index in [2.05, 4.69) is 43.0 Å². The maximum Gasteiger partial charge on any atom is 0.136 e. The normalized spacial score (nSPS) is 10.9. The molecule has 0 fully saturated rings. The van der Waals surface area contributed by atoms with Gasteiger partial charge in [-0.2, -0.15) is 5.10 Å². The zero-order valence-corrected chi connectivity index (χ0v) is 12.0. The molecular formula is C9H9Br2N3S. The molecule has 2 rings (SSSR count). The van der Waals surface area contributed by atoms with Gasteiger partial charge >= 0.3 is 0 Å². The molecule has 2 N–H and O–H groups in total. The van der Waals surface area contributed by atoms with Crippen LogP contribution in [0.5, 0.6) is 0 Å². The molecule has 0 saturated carbocycles. The summed E-state index contributed by atoms with van der Waals surface area (Å²) >= 11 is 8.53. The first kappa shape index (κ1) is 11.2.